The zero-order valence-electron chi connectivity index (χ0n) is 17.3. The number of amides is 1. The molecule has 0 aromatic heterocycles. The average molecular weight is 470 g/mol. The smallest absolute Gasteiger partial charge is 0.262 e. The number of anilines is 1. The molecule has 1 N–H and O–H groups in total. The lowest BCUT2D eigenvalue weighted by Crippen LogP contribution is -2.20. The number of allylic oxidation sites excluding steroid dienone is 1. The SMILES string of the molecule is CCOc1cc(/C=C/C(=O)c2ccc(Cl)cc2Cl)ccc1OCC(=O)Nc1ccccc1. The highest BCUT2D eigenvalue weighted by Gasteiger charge is 2.11. The molecular weight excluding hydrogens is 449 g/mol. The van der Waals surface area contributed by atoms with E-state index in [1.807, 2.05) is 25.1 Å². The van der Waals surface area contributed by atoms with Gasteiger partial charge < -0.3 is 14.8 Å². The monoisotopic (exact) mass is 469 g/mol. The predicted octanol–water partition coefficient (Wildman–Crippen LogP) is 6.31. The first-order valence-corrected chi connectivity index (χ1v) is 10.6. The number of ether oxygens (including phenoxy) is 2. The third-order valence-corrected chi connectivity index (χ3v) is 4.86. The van der Waals surface area contributed by atoms with Crippen LogP contribution < -0.4 is 14.8 Å². The summed E-state index contributed by atoms with van der Waals surface area (Å²) in [6, 6.07) is 19.0. The number of hydrogen-bond donors (Lipinski definition) is 1. The molecule has 0 fully saturated rings. The van der Waals surface area contributed by atoms with Crippen molar-refractivity contribution in [3.8, 4) is 11.5 Å². The number of hydrogen-bond acceptors (Lipinski definition) is 4. The van der Waals surface area contributed by atoms with Crippen LogP contribution in [-0.2, 0) is 4.79 Å². The van der Waals surface area contributed by atoms with Gasteiger partial charge in [0.2, 0.25) is 0 Å². The Morgan fingerprint density at radius 2 is 1.72 bits per heavy atom. The molecule has 0 atom stereocenters. The Labute approximate surface area is 196 Å². The van der Waals surface area contributed by atoms with Crippen molar-refractivity contribution in [3.05, 3.63) is 94.0 Å². The molecule has 0 aliphatic carbocycles. The fraction of sp³-hybridized carbons (Fsp3) is 0.120. The standard InChI is InChI=1S/C25H21Cl2NO4/c1-2-31-24-14-17(8-12-22(29)20-11-10-18(26)15-21(20)27)9-13-23(24)32-16-25(30)28-19-6-4-3-5-7-19/h3-15H,2,16H2,1H3,(H,28,30)/b12-8+. The lowest BCUT2D eigenvalue weighted by molar-refractivity contribution is -0.118. The molecule has 3 aromatic rings. The molecule has 3 aromatic carbocycles. The fourth-order valence-corrected chi connectivity index (χ4v) is 3.33. The van der Waals surface area contributed by atoms with Gasteiger partial charge in [0.25, 0.3) is 5.91 Å². The first-order valence-electron chi connectivity index (χ1n) is 9.88. The molecule has 0 saturated carbocycles. The first kappa shape index (κ1) is 23.4. The van der Waals surface area contributed by atoms with Crippen LogP contribution >= 0.6 is 23.2 Å². The average Bonchev–Trinajstić information content (AvgIpc) is 2.77. The van der Waals surface area contributed by atoms with Gasteiger partial charge in [0.15, 0.2) is 23.9 Å². The van der Waals surface area contributed by atoms with Crippen molar-refractivity contribution in [1.82, 2.24) is 0 Å². The quantitative estimate of drug-likeness (QED) is 0.294. The van der Waals surface area contributed by atoms with Gasteiger partial charge in [-0.05, 0) is 61.0 Å². The second kappa shape index (κ2) is 11.4. The van der Waals surface area contributed by atoms with Gasteiger partial charge in [-0.3, -0.25) is 9.59 Å². The van der Waals surface area contributed by atoms with Gasteiger partial charge in [-0.2, -0.15) is 0 Å². The fourth-order valence-electron chi connectivity index (χ4n) is 2.83. The van der Waals surface area contributed by atoms with Gasteiger partial charge in [-0.15, -0.1) is 0 Å². The summed E-state index contributed by atoms with van der Waals surface area (Å²) >= 11 is 12.0. The minimum atomic E-state index is -0.284. The van der Waals surface area contributed by atoms with Gasteiger partial charge in [0.1, 0.15) is 0 Å². The normalized spacial score (nSPS) is 10.7. The highest BCUT2D eigenvalue weighted by Crippen LogP contribution is 2.29. The highest BCUT2D eigenvalue weighted by atomic mass is 35.5. The van der Waals surface area contributed by atoms with E-state index < -0.39 is 0 Å². The second-order valence-corrected chi connectivity index (χ2v) is 7.51. The second-order valence-electron chi connectivity index (χ2n) is 6.66. The molecule has 0 bridgehead atoms. The van der Waals surface area contributed by atoms with Gasteiger partial charge in [0.05, 0.1) is 11.6 Å². The summed E-state index contributed by atoms with van der Waals surface area (Å²) in [6.45, 7) is 2.09. The zero-order chi connectivity index (χ0) is 22.9. The number of ketones is 1. The molecule has 3 rings (SSSR count). The number of rotatable bonds is 9. The van der Waals surface area contributed by atoms with E-state index in [2.05, 4.69) is 5.32 Å². The number of carbonyl (C=O) groups excluding carboxylic acids is 2. The van der Waals surface area contributed by atoms with Crippen molar-refractivity contribution in [2.45, 2.75) is 6.92 Å². The van der Waals surface area contributed by atoms with Crippen LogP contribution in [0.1, 0.15) is 22.8 Å². The topological polar surface area (TPSA) is 64.6 Å². The Bertz CT molecular complexity index is 1130. The van der Waals surface area contributed by atoms with Crippen molar-refractivity contribution < 1.29 is 19.1 Å². The molecule has 0 radical (unpaired) electrons. The van der Waals surface area contributed by atoms with Gasteiger partial charge in [-0.1, -0.05) is 53.5 Å². The summed E-state index contributed by atoms with van der Waals surface area (Å²) in [6.07, 6.45) is 3.08. The van der Waals surface area contributed by atoms with Crippen LogP contribution in [0.15, 0.2) is 72.8 Å². The van der Waals surface area contributed by atoms with Gasteiger partial charge in [0, 0.05) is 16.3 Å². The summed E-state index contributed by atoms with van der Waals surface area (Å²) in [5.74, 6) is 0.369. The Morgan fingerprint density at radius 3 is 2.44 bits per heavy atom. The number of halogens is 2. The van der Waals surface area contributed by atoms with E-state index in [1.54, 1.807) is 48.5 Å². The van der Waals surface area contributed by atoms with Crippen molar-refractivity contribution in [3.63, 3.8) is 0 Å². The number of benzene rings is 3. The summed E-state index contributed by atoms with van der Waals surface area (Å²) in [5.41, 5.74) is 1.78. The largest absolute Gasteiger partial charge is 0.490 e. The van der Waals surface area contributed by atoms with Crippen molar-refractivity contribution >= 4 is 46.7 Å². The first-order chi connectivity index (χ1) is 15.5. The Balaban J connectivity index is 1.67. The summed E-state index contributed by atoms with van der Waals surface area (Å²) in [5, 5.41) is 3.51. The van der Waals surface area contributed by atoms with Crippen molar-refractivity contribution in [2.24, 2.45) is 0 Å². The zero-order valence-corrected chi connectivity index (χ0v) is 18.8. The molecule has 0 aliphatic rings. The van der Waals surface area contributed by atoms with E-state index in [9.17, 15) is 9.59 Å². The van der Waals surface area contributed by atoms with Crippen LogP contribution in [0, 0.1) is 0 Å². The number of para-hydroxylation sites is 1. The van der Waals surface area contributed by atoms with E-state index in [0.717, 1.165) is 5.56 Å². The lowest BCUT2D eigenvalue weighted by atomic mass is 10.1. The highest BCUT2D eigenvalue weighted by molar-refractivity contribution is 6.37. The third-order valence-electron chi connectivity index (χ3n) is 4.31. The Kier molecular flexibility index (Phi) is 8.31. The van der Waals surface area contributed by atoms with Crippen LogP contribution in [-0.4, -0.2) is 24.9 Å². The van der Waals surface area contributed by atoms with Gasteiger partial charge in [-0.25, -0.2) is 0 Å². The summed E-state index contributed by atoms with van der Waals surface area (Å²) < 4.78 is 11.3. The van der Waals surface area contributed by atoms with E-state index in [1.165, 1.54) is 12.1 Å². The van der Waals surface area contributed by atoms with E-state index in [-0.39, 0.29) is 18.3 Å². The minimum absolute atomic E-state index is 0.169. The summed E-state index contributed by atoms with van der Waals surface area (Å²) in [4.78, 5) is 24.6. The lowest BCUT2D eigenvalue weighted by Gasteiger charge is -2.13. The minimum Gasteiger partial charge on any atom is -0.490 e. The van der Waals surface area contributed by atoms with Crippen LogP contribution in [0.2, 0.25) is 10.0 Å². The molecule has 1 amide bonds. The van der Waals surface area contributed by atoms with Crippen LogP contribution in [0.3, 0.4) is 0 Å². The van der Waals surface area contributed by atoms with Crippen LogP contribution in [0.4, 0.5) is 5.69 Å². The van der Waals surface area contributed by atoms with Crippen molar-refractivity contribution in [2.75, 3.05) is 18.5 Å². The summed E-state index contributed by atoms with van der Waals surface area (Å²) in [7, 11) is 0. The predicted molar refractivity (Wildman–Crippen MR) is 128 cm³/mol. The molecule has 7 heteroatoms. The van der Waals surface area contributed by atoms with E-state index in [4.69, 9.17) is 32.7 Å². The number of carbonyl (C=O) groups is 2. The molecule has 0 heterocycles. The maximum Gasteiger partial charge on any atom is 0.262 e. The maximum atomic E-state index is 12.4. The molecule has 0 spiro atoms. The molecule has 32 heavy (non-hydrogen) atoms. The molecule has 0 unspecified atom stereocenters. The number of nitrogens with one attached hydrogen (secondary N) is 1. The molecule has 5 nitrogen and oxygen atoms in total. The molecule has 0 saturated heterocycles. The maximum absolute atomic E-state index is 12.4. The van der Waals surface area contributed by atoms with Crippen LogP contribution in [0.5, 0.6) is 11.5 Å². The van der Waals surface area contributed by atoms with Crippen LogP contribution in [0.25, 0.3) is 6.08 Å². The molecule has 164 valence electrons. The van der Waals surface area contributed by atoms with Gasteiger partial charge >= 0.3 is 0 Å². The Morgan fingerprint density at radius 1 is 0.938 bits per heavy atom. The van der Waals surface area contributed by atoms with E-state index >= 15 is 0 Å². The van der Waals surface area contributed by atoms with E-state index in [0.29, 0.717) is 39.4 Å². The Hall–Kier alpha value is -3.28. The van der Waals surface area contributed by atoms with Crippen molar-refractivity contribution in [1.29, 1.82) is 0 Å². The molecular formula is C25H21Cl2NO4. The molecule has 0 aliphatic heterocycles. The third kappa shape index (κ3) is 6.61.